The van der Waals surface area contributed by atoms with Crippen LogP contribution in [0.1, 0.15) is 36.0 Å². The van der Waals surface area contributed by atoms with Crippen LogP contribution in [0.2, 0.25) is 0 Å². The lowest BCUT2D eigenvalue weighted by Crippen LogP contribution is -2.42. The summed E-state index contributed by atoms with van der Waals surface area (Å²) in [5, 5.41) is 9.34. The van der Waals surface area contributed by atoms with E-state index in [1.807, 2.05) is 0 Å². The van der Waals surface area contributed by atoms with E-state index in [1.165, 1.54) is 12.1 Å². The van der Waals surface area contributed by atoms with Gasteiger partial charge in [0.15, 0.2) is 5.96 Å². The number of primary amides is 1. The molecule has 0 aliphatic rings. The topological polar surface area (TPSA) is 92.4 Å². The first-order valence-corrected chi connectivity index (χ1v) is 9.69. The Morgan fingerprint density at radius 2 is 1.96 bits per heavy atom. The third-order valence-corrected chi connectivity index (χ3v) is 4.97. The second kappa shape index (κ2) is 11.9. The van der Waals surface area contributed by atoms with Crippen LogP contribution in [0.5, 0.6) is 0 Å². The molecule has 6 nitrogen and oxygen atoms in total. The Bertz CT molecular complexity index is 779. The van der Waals surface area contributed by atoms with Gasteiger partial charge in [0.25, 0.3) is 0 Å². The van der Waals surface area contributed by atoms with E-state index in [4.69, 9.17) is 5.73 Å². The number of halogens is 2. The number of hydrogen-bond acceptors (Lipinski definition) is 4. The molecule has 1 amide bonds. The summed E-state index contributed by atoms with van der Waals surface area (Å²) in [6.07, 6.45) is 0.434. The van der Waals surface area contributed by atoms with Crippen LogP contribution in [-0.4, -0.2) is 30.4 Å². The summed E-state index contributed by atoms with van der Waals surface area (Å²) < 4.78 is 13.0. The second-order valence-corrected chi connectivity index (χ2v) is 7.50. The van der Waals surface area contributed by atoms with Crippen molar-refractivity contribution in [3.8, 4) is 0 Å². The van der Waals surface area contributed by atoms with Crippen molar-refractivity contribution in [2.75, 3.05) is 13.6 Å². The Morgan fingerprint density at radius 3 is 2.50 bits per heavy atom. The number of thiazole rings is 1. The average Bonchev–Trinajstić information content (AvgIpc) is 3.11. The van der Waals surface area contributed by atoms with Crippen LogP contribution in [0.25, 0.3) is 0 Å². The average molecular weight is 519 g/mol. The molecule has 0 fully saturated rings. The van der Waals surface area contributed by atoms with E-state index in [1.54, 1.807) is 30.5 Å². The lowest BCUT2D eigenvalue weighted by Gasteiger charge is -2.17. The quantitative estimate of drug-likeness (QED) is 0.284. The van der Waals surface area contributed by atoms with Gasteiger partial charge in [0.2, 0.25) is 5.91 Å². The van der Waals surface area contributed by atoms with Gasteiger partial charge in [0, 0.05) is 19.0 Å². The van der Waals surface area contributed by atoms with Gasteiger partial charge < -0.3 is 16.4 Å². The lowest BCUT2D eigenvalue weighted by molar-refractivity contribution is -0.121. The third-order valence-electron chi connectivity index (χ3n) is 4.11. The number of rotatable bonds is 8. The van der Waals surface area contributed by atoms with Crippen LogP contribution in [0, 0.1) is 11.7 Å². The Labute approximate surface area is 186 Å². The fourth-order valence-corrected chi connectivity index (χ4v) is 3.34. The molecule has 0 radical (unpaired) electrons. The Kier molecular flexibility index (Phi) is 10.4. The highest BCUT2D eigenvalue weighted by atomic mass is 127. The molecule has 1 unspecified atom stereocenters. The van der Waals surface area contributed by atoms with Gasteiger partial charge in [0.1, 0.15) is 10.8 Å². The first kappa shape index (κ1) is 24.3. The Hall–Kier alpha value is -1.75. The van der Waals surface area contributed by atoms with E-state index >= 15 is 0 Å². The molecule has 1 atom stereocenters. The van der Waals surface area contributed by atoms with Gasteiger partial charge in [-0.25, -0.2) is 9.37 Å². The minimum absolute atomic E-state index is 0. The van der Waals surface area contributed by atoms with Gasteiger partial charge in [-0.3, -0.25) is 9.79 Å². The highest BCUT2D eigenvalue weighted by molar-refractivity contribution is 14.0. The number of benzene rings is 1. The fraction of sp³-hybridized carbons (Fsp3) is 0.421. The van der Waals surface area contributed by atoms with Crippen LogP contribution in [0.3, 0.4) is 0 Å². The van der Waals surface area contributed by atoms with Gasteiger partial charge in [0.05, 0.1) is 18.2 Å². The number of hydrogen-bond donors (Lipinski definition) is 3. The van der Waals surface area contributed by atoms with Crippen molar-refractivity contribution in [1.29, 1.82) is 0 Å². The van der Waals surface area contributed by atoms with Crippen molar-refractivity contribution < 1.29 is 9.18 Å². The van der Waals surface area contributed by atoms with Crippen LogP contribution in [-0.2, 0) is 17.8 Å². The standard InChI is InChI=1S/C19H26FN5OS.HI/c1-12(2)16-11-27-17(25-16)10-24-19(22-3)23-9-14(18(21)26)8-13-4-6-15(20)7-5-13;/h4-7,11-12,14H,8-10H2,1-3H3,(H2,21,26)(H2,22,23,24);1H. The molecule has 4 N–H and O–H groups in total. The summed E-state index contributed by atoms with van der Waals surface area (Å²) in [6.45, 7) is 5.10. The molecule has 0 aliphatic heterocycles. The number of carbonyl (C=O) groups is 1. The molecule has 0 bridgehead atoms. The number of nitrogens with one attached hydrogen (secondary N) is 2. The summed E-state index contributed by atoms with van der Waals surface area (Å²) in [5.74, 6) is -0.179. The molecule has 28 heavy (non-hydrogen) atoms. The van der Waals surface area contributed by atoms with Gasteiger partial charge in [-0.15, -0.1) is 35.3 Å². The second-order valence-electron chi connectivity index (χ2n) is 6.56. The number of amides is 1. The summed E-state index contributed by atoms with van der Waals surface area (Å²) >= 11 is 1.60. The van der Waals surface area contributed by atoms with Crippen LogP contribution in [0.15, 0.2) is 34.6 Å². The molecule has 1 aromatic heterocycles. The summed E-state index contributed by atoms with van der Waals surface area (Å²) in [7, 11) is 1.66. The number of carbonyl (C=O) groups excluding carboxylic acids is 1. The SMILES string of the molecule is CN=C(NCc1nc(C(C)C)cs1)NCC(Cc1ccc(F)cc1)C(N)=O.I. The number of aromatic nitrogens is 1. The number of guanidine groups is 1. The first-order valence-electron chi connectivity index (χ1n) is 8.81. The minimum Gasteiger partial charge on any atom is -0.369 e. The third kappa shape index (κ3) is 7.70. The largest absolute Gasteiger partial charge is 0.369 e. The lowest BCUT2D eigenvalue weighted by atomic mass is 9.98. The van der Waals surface area contributed by atoms with E-state index in [2.05, 4.69) is 39.8 Å². The van der Waals surface area contributed by atoms with Crippen LogP contribution in [0.4, 0.5) is 4.39 Å². The predicted octanol–water partition coefficient (Wildman–Crippen LogP) is 3.03. The van der Waals surface area contributed by atoms with E-state index in [0.29, 0.717) is 31.4 Å². The zero-order valence-corrected chi connectivity index (χ0v) is 19.4. The molecular formula is C19H27FIN5OS. The van der Waals surface area contributed by atoms with E-state index in [9.17, 15) is 9.18 Å². The van der Waals surface area contributed by atoms with Crippen molar-refractivity contribution in [3.05, 3.63) is 51.7 Å². The first-order chi connectivity index (χ1) is 12.9. The Balaban J connectivity index is 0.00000392. The molecule has 154 valence electrons. The molecule has 0 saturated carbocycles. The fourth-order valence-electron chi connectivity index (χ4n) is 2.45. The maximum atomic E-state index is 13.0. The van der Waals surface area contributed by atoms with E-state index in [-0.39, 0.29) is 29.8 Å². The van der Waals surface area contributed by atoms with Crippen LogP contribution < -0.4 is 16.4 Å². The maximum absolute atomic E-state index is 13.0. The highest BCUT2D eigenvalue weighted by Crippen LogP contribution is 2.17. The molecule has 2 aromatic rings. The van der Waals surface area contributed by atoms with Crippen molar-refractivity contribution in [2.24, 2.45) is 16.6 Å². The highest BCUT2D eigenvalue weighted by Gasteiger charge is 2.17. The van der Waals surface area contributed by atoms with Crippen LogP contribution >= 0.6 is 35.3 Å². The summed E-state index contributed by atoms with van der Waals surface area (Å²) in [5.41, 5.74) is 7.45. The van der Waals surface area contributed by atoms with E-state index in [0.717, 1.165) is 16.3 Å². The molecular weight excluding hydrogens is 492 g/mol. The molecule has 9 heteroatoms. The van der Waals surface area contributed by atoms with Gasteiger partial charge >= 0.3 is 0 Å². The van der Waals surface area contributed by atoms with Crippen molar-refractivity contribution >= 4 is 47.2 Å². The normalized spacial score (nSPS) is 12.4. The molecule has 0 spiro atoms. The molecule has 1 heterocycles. The Morgan fingerprint density at radius 1 is 1.29 bits per heavy atom. The van der Waals surface area contributed by atoms with Crippen molar-refractivity contribution in [2.45, 2.75) is 32.7 Å². The zero-order chi connectivity index (χ0) is 19.8. The number of nitrogens with two attached hydrogens (primary N) is 1. The molecule has 2 rings (SSSR count). The molecule has 0 saturated heterocycles. The van der Waals surface area contributed by atoms with Gasteiger partial charge in [-0.1, -0.05) is 26.0 Å². The summed E-state index contributed by atoms with van der Waals surface area (Å²) in [6, 6.07) is 6.07. The summed E-state index contributed by atoms with van der Waals surface area (Å²) in [4.78, 5) is 20.5. The van der Waals surface area contributed by atoms with Crippen molar-refractivity contribution in [1.82, 2.24) is 15.6 Å². The van der Waals surface area contributed by atoms with E-state index < -0.39 is 11.8 Å². The van der Waals surface area contributed by atoms with Gasteiger partial charge in [-0.05, 0) is 30.0 Å². The monoisotopic (exact) mass is 519 g/mol. The van der Waals surface area contributed by atoms with Crippen molar-refractivity contribution in [3.63, 3.8) is 0 Å². The zero-order valence-electron chi connectivity index (χ0n) is 16.2. The maximum Gasteiger partial charge on any atom is 0.222 e. The minimum atomic E-state index is -0.429. The number of aliphatic imine (C=N–C) groups is 1. The smallest absolute Gasteiger partial charge is 0.222 e. The predicted molar refractivity (Wildman–Crippen MR) is 123 cm³/mol. The number of nitrogens with zero attached hydrogens (tertiary/aromatic N) is 2. The van der Waals surface area contributed by atoms with Gasteiger partial charge in [-0.2, -0.15) is 0 Å². The molecule has 0 aliphatic carbocycles. The molecule has 1 aromatic carbocycles.